The van der Waals surface area contributed by atoms with Gasteiger partial charge in [0.05, 0.1) is 16.6 Å². The molecule has 0 radical (unpaired) electrons. The van der Waals surface area contributed by atoms with Crippen molar-refractivity contribution in [3.05, 3.63) is 104 Å². The molecule has 33 heavy (non-hydrogen) atoms. The van der Waals surface area contributed by atoms with E-state index in [9.17, 15) is 14.0 Å². The van der Waals surface area contributed by atoms with Gasteiger partial charge >= 0.3 is 0 Å². The van der Waals surface area contributed by atoms with Crippen LogP contribution in [0.2, 0.25) is 0 Å². The molecule has 0 bridgehead atoms. The largest absolute Gasteiger partial charge is 0.337 e. The molecule has 0 saturated heterocycles. The maximum atomic E-state index is 14.3. The molecule has 0 atom stereocenters. The van der Waals surface area contributed by atoms with Gasteiger partial charge in [0, 0.05) is 23.9 Å². The number of hydrogen-bond donors (Lipinski definition) is 1. The van der Waals surface area contributed by atoms with Gasteiger partial charge < -0.3 is 9.88 Å². The maximum absolute atomic E-state index is 14.3. The highest BCUT2D eigenvalue weighted by molar-refractivity contribution is 7.71. The summed E-state index contributed by atoms with van der Waals surface area (Å²) in [7, 11) is 1.75. The molecular formula is C25H18FN3O2S2. The zero-order valence-corrected chi connectivity index (χ0v) is 19.2. The van der Waals surface area contributed by atoms with Gasteiger partial charge in [0.15, 0.2) is 4.77 Å². The van der Waals surface area contributed by atoms with E-state index in [1.165, 1.54) is 16.8 Å². The molecular weight excluding hydrogens is 457 g/mol. The molecule has 3 aromatic carbocycles. The predicted molar refractivity (Wildman–Crippen MR) is 132 cm³/mol. The third-order valence-corrected chi connectivity index (χ3v) is 6.85. The molecule has 5 nitrogen and oxygen atoms in total. The lowest BCUT2D eigenvalue weighted by molar-refractivity contribution is 0.0786. The van der Waals surface area contributed by atoms with Crippen molar-refractivity contribution in [2.75, 3.05) is 7.05 Å². The Kier molecular flexibility index (Phi) is 5.39. The molecule has 2 heterocycles. The van der Waals surface area contributed by atoms with Crippen molar-refractivity contribution < 1.29 is 9.18 Å². The number of aromatic nitrogens is 2. The summed E-state index contributed by atoms with van der Waals surface area (Å²) >= 11 is 6.99. The summed E-state index contributed by atoms with van der Waals surface area (Å²) in [6, 6.07) is 18.8. The van der Waals surface area contributed by atoms with Crippen LogP contribution < -0.4 is 5.56 Å². The van der Waals surface area contributed by atoms with Crippen LogP contribution in [0.15, 0.2) is 76.9 Å². The number of rotatable bonds is 4. The number of H-pyrrole nitrogens is 1. The zero-order valence-electron chi connectivity index (χ0n) is 17.5. The Bertz CT molecular complexity index is 1650. The molecule has 0 unspecified atom stereocenters. The second-order valence-electron chi connectivity index (χ2n) is 7.70. The van der Waals surface area contributed by atoms with Crippen molar-refractivity contribution >= 4 is 50.5 Å². The first-order valence-electron chi connectivity index (χ1n) is 10.2. The molecule has 2 aromatic heterocycles. The summed E-state index contributed by atoms with van der Waals surface area (Å²) in [5, 5.41) is 3.52. The van der Waals surface area contributed by atoms with Crippen molar-refractivity contribution in [2.45, 2.75) is 6.54 Å². The predicted octanol–water partition coefficient (Wildman–Crippen LogP) is 5.67. The molecule has 0 spiro atoms. The number of nitrogens with one attached hydrogen (secondary N) is 1. The molecule has 0 aliphatic carbocycles. The van der Waals surface area contributed by atoms with E-state index in [-0.39, 0.29) is 16.4 Å². The van der Waals surface area contributed by atoms with Crippen LogP contribution in [0, 0.1) is 10.6 Å². The first kappa shape index (κ1) is 21.2. The van der Waals surface area contributed by atoms with E-state index in [0.29, 0.717) is 23.0 Å². The third-order valence-electron chi connectivity index (χ3n) is 5.55. The Hall–Kier alpha value is -3.62. The van der Waals surface area contributed by atoms with Crippen LogP contribution in [0.1, 0.15) is 15.9 Å². The highest BCUT2D eigenvalue weighted by Crippen LogP contribution is 2.27. The monoisotopic (exact) mass is 475 g/mol. The number of thiophene rings is 1. The minimum atomic E-state index is -0.548. The molecule has 8 heteroatoms. The van der Waals surface area contributed by atoms with E-state index in [0.717, 1.165) is 15.5 Å². The van der Waals surface area contributed by atoms with E-state index >= 15 is 0 Å². The van der Waals surface area contributed by atoms with Crippen LogP contribution in [0.3, 0.4) is 0 Å². The van der Waals surface area contributed by atoms with Crippen molar-refractivity contribution in [3.63, 3.8) is 0 Å². The molecule has 164 valence electrons. The SMILES string of the molecule is CN(Cc1csc2ccccc12)C(=O)c1ccc2c(=O)n(-c3ccccc3F)c(=S)[nH]c2c1. The quantitative estimate of drug-likeness (QED) is 0.341. The van der Waals surface area contributed by atoms with Gasteiger partial charge in [-0.05, 0) is 64.9 Å². The second kappa shape index (κ2) is 8.38. The van der Waals surface area contributed by atoms with Crippen LogP contribution in [-0.4, -0.2) is 27.4 Å². The van der Waals surface area contributed by atoms with Gasteiger partial charge in [-0.1, -0.05) is 30.3 Å². The van der Waals surface area contributed by atoms with Crippen molar-refractivity contribution in [3.8, 4) is 5.69 Å². The first-order valence-corrected chi connectivity index (χ1v) is 11.5. The topological polar surface area (TPSA) is 58.1 Å². The molecule has 0 aliphatic heterocycles. The number of aromatic amines is 1. The Morgan fingerprint density at radius 3 is 2.67 bits per heavy atom. The highest BCUT2D eigenvalue weighted by Gasteiger charge is 2.17. The van der Waals surface area contributed by atoms with Crippen molar-refractivity contribution in [2.24, 2.45) is 0 Å². The Labute approximate surface area is 197 Å². The van der Waals surface area contributed by atoms with E-state index < -0.39 is 11.4 Å². The number of nitrogens with zero attached hydrogens (tertiary/aromatic N) is 2. The molecule has 1 amide bonds. The Morgan fingerprint density at radius 1 is 1.09 bits per heavy atom. The number of carbonyl (C=O) groups is 1. The zero-order chi connectivity index (χ0) is 23.1. The summed E-state index contributed by atoms with van der Waals surface area (Å²) in [5.41, 5.74) is 1.57. The summed E-state index contributed by atoms with van der Waals surface area (Å²) in [5.74, 6) is -0.724. The van der Waals surface area contributed by atoms with Crippen LogP contribution in [0.4, 0.5) is 4.39 Å². The summed E-state index contributed by atoms with van der Waals surface area (Å²) in [4.78, 5) is 30.8. The van der Waals surface area contributed by atoms with Gasteiger partial charge in [-0.2, -0.15) is 0 Å². The molecule has 0 fully saturated rings. The lowest BCUT2D eigenvalue weighted by Gasteiger charge is -2.17. The number of benzene rings is 3. The Balaban J connectivity index is 1.50. The van der Waals surface area contributed by atoms with Crippen LogP contribution in [0.25, 0.3) is 26.7 Å². The maximum Gasteiger partial charge on any atom is 0.266 e. The second-order valence-corrected chi connectivity index (χ2v) is 9.00. The molecule has 5 aromatic rings. The average Bonchev–Trinajstić information content (AvgIpc) is 3.22. The van der Waals surface area contributed by atoms with Gasteiger partial charge in [0.1, 0.15) is 5.82 Å². The standard InChI is InChI=1S/C25H18FN3O2S2/c1-28(13-16-14-33-22-9-5-2-6-17(16)22)23(30)15-10-11-18-20(12-15)27-25(32)29(24(18)31)21-8-4-3-7-19(21)26/h2-12,14H,13H2,1H3,(H,27,32). The summed E-state index contributed by atoms with van der Waals surface area (Å²) in [6.45, 7) is 0.464. The van der Waals surface area contributed by atoms with Gasteiger partial charge in [0.25, 0.3) is 11.5 Å². The smallest absolute Gasteiger partial charge is 0.266 e. The minimum Gasteiger partial charge on any atom is -0.337 e. The number of fused-ring (bicyclic) bond motifs is 2. The number of para-hydroxylation sites is 1. The number of amides is 1. The molecule has 5 rings (SSSR count). The molecule has 0 aliphatic rings. The van der Waals surface area contributed by atoms with Gasteiger partial charge in [0.2, 0.25) is 0 Å². The number of hydrogen-bond acceptors (Lipinski definition) is 4. The number of carbonyl (C=O) groups excluding carboxylic acids is 1. The highest BCUT2D eigenvalue weighted by atomic mass is 32.1. The van der Waals surface area contributed by atoms with E-state index in [4.69, 9.17) is 12.2 Å². The van der Waals surface area contributed by atoms with Crippen LogP contribution in [0.5, 0.6) is 0 Å². The fourth-order valence-corrected chi connectivity index (χ4v) is 5.15. The third kappa shape index (κ3) is 3.77. The van der Waals surface area contributed by atoms with E-state index in [1.807, 2.05) is 12.1 Å². The Morgan fingerprint density at radius 2 is 1.85 bits per heavy atom. The molecule has 1 N–H and O–H groups in total. The first-order chi connectivity index (χ1) is 15.9. The fourth-order valence-electron chi connectivity index (χ4n) is 3.91. The lowest BCUT2D eigenvalue weighted by Crippen LogP contribution is -2.26. The minimum absolute atomic E-state index is 0.0558. The molecule has 0 saturated carbocycles. The van der Waals surface area contributed by atoms with Crippen molar-refractivity contribution in [1.29, 1.82) is 0 Å². The van der Waals surface area contributed by atoms with Gasteiger partial charge in [-0.15, -0.1) is 11.3 Å². The van der Waals surface area contributed by atoms with Gasteiger partial charge in [-0.3, -0.25) is 9.59 Å². The fraction of sp³-hybridized carbons (Fsp3) is 0.0800. The number of halogens is 1. The van der Waals surface area contributed by atoms with Crippen LogP contribution in [-0.2, 0) is 6.54 Å². The lowest BCUT2D eigenvalue weighted by atomic mass is 10.1. The van der Waals surface area contributed by atoms with Crippen LogP contribution >= 0.6 is 23.6 Å². The van der Waals surface area contributed by atoms with Gasteiger partial charge in [-0.25, -0.2) is 8.96 Å². The summed E-state index contributed by atoms with van der Waals surface area (Å²) in [6.07, 6.45) is 0. The van der Waals surface area contributed by atoms with E-state index in [1.54, 1.807) is 53.6 Å². The normalized spacial score (nSPS) is 11.2. The van der Waals surface area contributed by atoms with E-state index in [2.05, 4.69) is 22.5 Å². The average molecular weight is 476 g/mol. The van der Waals surface area contributed by atoms with Crippen molar-refractivity contribution in [1.82, 2.24) is 14.5 Å². The summed E-state index contributed by atoms with van der Waals surface area (Å²) < 4.78 is 16.6.